The Morgan fingerprint density at radius 3 is 2.71 bits per heavy atom. The fourth-order valence-corrected chi connectivity index (χ4v) is 3.32. The van der Waals surface area contributed by atoms with Crippen LogP contribution >= 0.6 is 0 Å². The minimum atomic E-state index is -0.248. The average molecular weight is 419 g/mol. The van der Waals surface area contributed by atoms with Crippen LogP contribution in [0.1, 0.15) is 34.8 Å². The van der Waals surface area contributed by atoms with Crippen LogP contribution in [-0.2, 0) is 16.0 Å². The summed E-state index contributed by atoms with van der Waals surface area (Å²) in [6.07, 6.45) is 6.24. The molecule has 160 valence electrons. The average Bonchev–Trinajstić information content (AvgIpc) is 2.77. The van der Waals surface area contributed by atoms with Gasteiger partial charge in [0, 0.05) is 28.8 Å². The smallest absolute Gasteiger partial charge is 0.306 e. The summed E-state index contributed by atoms with van der Waals surface area (Å²) in [5.74, 6) is 3.07. The molecule has 3 rings (SSSR count). The predicted octanol–water partition coefficient (Wildman–Crippen LogP) is 2.78. The maximum Gasteiger partial charge on any atom is 0.306 e. The molecule has 3 N–H and O–H groups in total. The molecule has 0 bridgehead atoms. The number of nitrogens with two attached hydrogens (primary N) is 1. The molecule has 0 spiro atoms. The van der Waals surface area contributed by atoms with Crippen LogP contribution in [0, 0.1) is 18.3 Å². The van der Waals surface area contributed by atoms with E-state index in [1.807, 2.05) is 12.1 Å². The van der Waals surface area contributed by atoms with Gasteiger partial charge < -0.3 is 20.5 Å². The van der Waals surface area contributed by atoms with Gasteiger partial charge in [-0.3, -0.25) is 14.6 Å². The lowest BCUT2D eigenvalue weighted by atomic mass is 9.94. The molecule has 0 saturated carbocycles. The molecule has 1 amide bonds. The molecule has 2 aromatic carbocycles. The molecule has 0 saturated heterocycles. The topological polar surface area (TPSA) is 103 Å². The first-order valence-corrected chi connectivity index (χ1v) is 10.1. The first-order valence-electron chi connectivity index (χ1n) is 10.1. The molecule has 2 aromatic rings. The van der Waals surface area contributed by atoms with E-state index in [2.05, 4.69) is 16.2 Å². The highest BCUT2D eigenvalue weighted by Gasteiger charge is 2.23. The molecule has 0 aromatic heterocycles. The molecule has 7 heteroatoms. The van der Waals surface area contributed by atoms with Gasteiger partial charge in [0.2, 0.25) is 0 Å². The van der Waals surface area contributed by atoms with Crippen LogP contribution in [0.25, 0.3) is 0 Å². The van der Waals surface area contributed by atoms with Crippen molar-refractivity contribution in [2.75, 3.05) is 25.1 Å². The first-order chi connectivity index (χ1) is 15.0. The van der Waals surface area contributed by atoms with Crippen LogP contribution in [0.15, 0.2) is 47.5 Å². The highest BCUT2D eigenvalue weighted by molar-refractivity contribution is 6.05. The third-order valence-corrected chi connectivity index (χ3v) is 4.85. The third kappa shape index (κ3) is 5.86. The number of esters is 1. The molecule has 1 unspecified atom stereocenters. The number of aliphatic imine (C=N–C) groups is 1. The van der Waals surface area contributed by atoms with E-state index in [-0.39, 0.29) is 24.3 Å². The van der Waals surface area contributed by atoms with E-state index in [1.54, 1.807) is 37.3 Å². The van der Waals surface area contributed by atoms with Gasteiger partial charge >= 0.3 is 5.97 Å². The largest absolute Gasteiger partial charge is 0.493 e. The highest BCUT2D eigenvalue weighted by Crippen LogP contribution is 2.31. The van der Waals surface area contributed by atoms with Gasteiger partial charge in [0.15, 0.2) is 0 Å². The van der Waals surface area contributed by atoms with E-state index in [0.29, 0.717) is 48.0 Å². The summed E-state index contributed by atoms with van der Waals surface area (Å²) in [5.41, 5.74) is 8.68. The number of nitrogens with one attached hydrogen (secondary N) is 1. The lowest BCUT2D eigenvalue weighted by Crippen LogP contribution is -2.24. The van der Waals surface area contributed by atoms with Crippen LogP contribution in [0.4, 0.5) is 5.69 Å². The van der Waals surface area contributed by atoms with E-state index in [0.717, 1.165) is 12.0 Å². The number of carbonyl (C=O) groups excluding carboxylic acids is 2. The molecule has 1 atom stereocenters. The zero-order valence-corrected chi connectivity index (χ0v) is 17.4. The maximum atomic E-state index is 12.6. The minimum Gasteiger partial charge on any atom is -0.493 e. The van der Waals surface area contributed by atoms with E-state index in [4.69, 9.17) is 21.6 Å². The van der Waals surface area contributed by atoms with Gasteiger partial charge in [-0.05, 0) is 37.1 Å². The number of anilines is 1. The number of ether oxygens (including phenoxy) is 2. The van der Waals surface area contributed by atoms with Gasteiger partial charge in [0.25, 0.3) is 5.91 Å². The van der Waals surface area contributed by atoms with Gasteiger partial charge in [0.1, 0.15) is 18.1 Å². The maximum absolute atomic E-state index is 12.6. The fourth-order valence-electron chi connectivity index (χ4n) is 3.32. The zero-order valence-electron chi connectivity index (χ0n) is 17.4. The molecule has 0 aliphatic carbocycles. The molecule has 1 heterocycles. The van der Waals surface area contributed by atoms with E-state index in [1.165, 1.54) is 0 Å². The Hall–Kier alpha value is -3.79. The number of benzene rings is 2. The molecule has 1 aliphatic heterocycles. The van der Waals surface area contributed by atoms with E-state index < -0.39 is 0 Å². The summed E-state index contributed by atoms with van der Waals surface area (Å²) in [6.45, 7) is 2.81. The molecule has 7 nitrogen and oxygen atoms in total. The summed E-state index contributed by atoms with van der Waals surface area (Å²) in [4.78, 5) is 28.3. The van der Waals surface area contributed by atoms with Gasteiger partial charge in [0.05, 0.1) is 19.6 Å². The molecular weight excluding hydrogens is 394 g/mol. The van der Waals surface area contributed by atoms with Crippen molar-refractivity contribution in [1.82, 2.24) is 0 Å². The van der Waals surface area contributed by atoms with Gasteiger partial charge in [-0.15, -0.1) is 6.42 Å². The standard InChI is InChI=1S/C24H25N3O4/c1-3-11-26-23(25)17-5-7-18(8-6-17)24(29)27-20-10-9-19-12-16(13-22(28)30-4-2)15-31-21(19)14-20/h1,5-10,14,16H,4,11-13,15H2,2H3,(H2,25,26)(H,27,29). The summed E-state index contributed by atoms with van der Waals surface area (Å²) in [6, 6.07) is 12.3. The number of amidine groups is 1. The Bertz CT molecular complexity index is 1020. The number of nitrogens with zero attached hydrogens (tertiary/aromatic N) is 1. The SMILES string of the molecule is C#CCN=C(N)c1ccc(C(=O)Nc2ccc3c(c2)OCC(CC(=O)OCC)C3)cc1. The number of terminal acetylenes is 1. The number of hydrogen-bond donors (Lipinski definition) is 2. The zero-order chi connectivity index (χ0) is 22.2. The van der Waals surface area contributed by atoms with Crippen molar-refractivity contribution < 1.29 is 19.1 Å². The second-order valence-electron chi connectivity index (χ2n) is 7.15. The van der Waals surface area contributed by atoms with Crippen molar-refractivity contribution in [2.45, 2.75) is 19.8 Å². The fraction of sp³-hybridized carbons (Fsp3) is 0.292. The first kappa shape index (κ1) is 21.9. The third-order valence-electron chi connectivity index (χ3n) is 4.85. The molecule has 0 fully saturated rings. The summed E-state index contributed by atoms with van der Waals surface area (Å²) in [5, 5.41) is 2.87. The van der Waals surface area contributed by atoms with Gasteiger partial charge in [-0.1, -0.05) is 24.1 Å². The van der Waals surface area contributed by atoms with Crippen molar-refractivity contribution in [2.24, 2.45) is 16.6 Å². The van der Waals surface area contributed by atoms with Crippen LogP contribution in [0.5, 0.6) is 5.75 Å². The molecule has 1 aliphatic rings. The van der Waals surface area contributed by atoms with Crippen molar-refractivity contribution in [3.8, 4) is 18.1 Å². The number of carbonyl (C=O) groups is 2. The molecular formula is C24H25N3O4. The van der Waals surface area contributed by atoms with E-state index >= 15 is 0 Å². The van der Waals surface area contributed by atoms with Gasteiger partial charge in [-0.25, -0.2) is 0 Å². The Morgan fingerprint density at radius 2 is 2.00 bits per heavy atom. The number of amides is 1. The van der Waals surface area contributed by atoms with Crippen molar-refractivity contribution in [3.05, 3.63) is 59.2 Å². The lowest BCUT2D eigenvalue weighted by Gasteiger charge is -2.25. The van der Waals surface area contributed by atoms with Gasteiger partial charge in [-0.2, -0.15) is 0 Å². The Kier molecular flexibility index (Phi) is 7.28. The van der Waals surface area contributed by atoms with E-state index in [9.17, 15) is 9.59 Å². The number of rotatable bonds is 7. The predicted molar refractivity (Wildman–Crippen MR) is 119 cm³/mol. The van der Waals surface area contributed by atoms with Crippen LogP contribution < -0.4 is 15.8 Å². The minimum absolute atomic E-state index is 0.0853. The normalized spacial score (nSPS) is 15.2. The second kappa shape index (κ2) is 10.3. The Morgan fingerprint density at radius 1 is 1.26 bits per heavy atom. The second-order valence-corrected chi connectivity index (χ2v) is 7.15. The van der Waals surface area contributed by atoms with Crippen molar-refractivity contribution >= 4 is 23.4 Å². The van der Waals surface area contributed by atoms with Crippen LogP contribution in [0.3, 0.4) is 0 Å². The summed E-state index contributed by atoms with van der Waals surface area (Å²) in [7, 11) is 0. The van der Waals surface area contributed by atoms with Crippen LogP contribution in [0.2, 0.25) is 0 Å². The summed E-state index contributed by atoms with van der Waals surface area (Å²) < 4.78 is 10.8. The quantitative estimate of drug-likeness (QED) is 0.311. The number of hydrogen-bond acceptors (Lipinski definition) is 5. The van der Waals surface area contributed by atoms with Crippen LogP contribution in [-0.4, -0.2) is 37.5 Å². The lowest BCUT2D eigenvalue weighted by molar-refractivity contribution is -0.144. The monoisotopic (exact) mass is 419 g/mol. The Labute approximate surface area is 181 Å². The van der Waals surface area contributed by atoms with Crippen molar-refractivity contribution in [1.29, 1.82) is 0 Å². The molecule has 31 heavy (non-hydrogen) atoms. The molecule has 0 radical (unpaired) electrons. The number of fused-ring (bicyclic) bond motifs is 1. The Balaban J connectivity index is 1.62. The highest BCUT2D eigenvalue weighted by atomic mass is 16.5. The van der Waals surface area contributed by atoms with Crippen molar-refractivity contribution in [3.63, 3.8) is 0 Å². The summed E-state index contributed by atoms with van der Waals surface area (Å²) >= 11 is 0.